The van der Waals surface area contributed by atoms with Gasteiger partial charge in [0.1, 0.15) is 5.75 Å². The molecule has 0 fully saturated rings. The van der Waals surface area contributed by atoms with Crippen LogP contribution in [0.4, 0.5) is 0 Å². The molecular formula is C23H21NO2S. The Kier molecular flexibility index (Phi) is 5.16. The van der Waals surface area contributed by atoms with E-state index in [0.717, 1.165) is 27.3 Å². The van der Waals surface area contributed by atoms with Crippen LogP contribution in [0.25, 0.3) is 0 Å². The fraction of sp³-hybridized carbons (Fsp3) is 0.174. The van der Waals surface area contributed by atoms with Crippen molar-refractivity contribution >= 4 is 17.7 Å². The van der Waals surface area contributed by atoms with E-state index in [-0.39, 0.29) is 11.2 Å². The molecular weight excluding hydrogens is 354 g/mol. The first-order chi connectivity index (χ1) is 13.3. The fourth-order valence-corrected chi connectivity index (χ4v) is 4.75. The smallest absolute Gasteiger partial charge is 0.255 e. The van der Waals surface area contributed by atoms with Crippen molar-refractivity contribution in [3.05, 3.63) is 95.6 Å². The van der Waals surface area contributed by atoms with Gasteiger partial charge in [-0.05, 0) is 23.8 Å². The van der Waals surface area contributed by atoms with Crippen molar-refractivity contribution in [1.82, 2.24) is 4.90 Å². The molecule has 1 aliphatic heterocycles. The second kappa shape index (κ2) is 7.89. The van der Waals surface area contributed by atoms with Crippen LogP contribution in [0.5, 0.6) is 5.75 Å². The summed E-state index contributed by atoms with van der Waals surface area (Å²) in [5.41, 5.74) is 3.03. The lowest BCUT2D eigenvalue weighted by molar-refractivity contribution is 0.0743. The number of nitrogens with zero attached hydrogens (tertiary/aromatic N) is 1. The molecule has 0 radical (unpaired) electrons. The maximum atomic E-state index is 13.3. The van der Waals surface area contributed by atoms with Gasteiger partial charge in [0, 0.05) is 23.5 Å². The zero-order valence-electron chi connectivity index (χ0n) is 15.2. The number of methoxy groups -OCH3 is 1. The molecule has 0 spiro atoms. The molecule has 3 nitrogen and oxygen atoms in total. The van der Waals surface area contributed by atoms with Gasteiger partial charge in [-0.1, -0.05) is 60.7 Å². The standard InChI is InChI=1S/C23H21NO2S/c1-26-20-13-7-5-11-18(20)22-16-24(15-17-9-3-2-4-10-17)23(25)19-12-6-8-14-21(19)27-22/h2-14,22H,15-16H2,1H3. The molecule has 1 heterocycles. The SMILES string of the molecule is COc1ccccc1C1CN(Cc2ccccc2)C(=O)c2ccccc2S1. The number of benzene rings is 3. The van der Waals surface area contributed by atoms with Crippen molar-refractivity contribution in [3.63, 3.8) is 0 Å². The van der Waals surface area contributed by atoms with Crippen LogP contribution < -0.4 is 4.74 Å². The van der Waals surface area contributed by atoms with Gasteiger partial charge in [0.2, 0.25) is 0 Å². The maximum Gasteiger partial charge on any atom is 0.255 e. The average molecular weight is 375 g/mol. The quantitative estimate of drug-likeness (QED) is 0.629. The number of thioether (sulfide) groups is 1. The van der Waals surface area contributed by atoms with E-state index in [1.54, 1.807) is 18.9 Å². The van der Waals surface area contributed by atoms with E-state index < -0.39 is 0 Å². The Morgan fingerprint density at radius 3 is 2.48 bits per heavy atom. The molecule has 1 atom stereocenters. The molecule has 0 N–H and O–H groups in total. The van der Waals surface area contributed by atoms with Gasteiger partial charge in [-0.25, -0.2) is 0 Å². The maximum absolute atomic E-state index is 13.3. The first kappa shape index (κ1) is 17.7. The van der Waals surface area contributed by atoms with Crippen LogP contribution in [0.2, 0.25) is 0 Å². The summed E-state index contributed by atoms with van der Waals surface area (Å²) in [6, 6.07) is 26.1. The van der Waals surface area contributed by atoms with Crippen molar-refractivity contribution < 1.29 is 9.53 Å². The van der Waals surface area contributed by atoms with Gasteiger partial charge in [0.15, 0.2) is 0 Å². The van der Waals surface area contributed by atoms with E-state index in [1.165, 1.54) is 0 Å². The zero-order chi connectivity index (χ0) is 18.6. The molecule has 27 heavy (non-hydrogen) atoms. The summed E-state index contributed by atoms with van der Waals surface area (Å²) in [5.74, 6) is 0.945. The summed E-state index contributed by atoms with van der Waals surface area (Å²) in [5, 5.41) is 0.109. The molecule has 0 aromatic heterocycles. The van der Waals surface area contributed by atoms with E-state index in [9.17, 15) is 4.79 Å². The van der Waals surface area contributed by atoms with Crippen LogP contribution in [0, 0.1) is 0 Å². The van der Waals surface area contributed by atoms with Crippen LogP contribution in [-0.2, 0) is 6.54 Å². The fourth-order valence-electron chi connectivity index (χ4n) is 3.42. The lowest BCUT2D eigenvalue weighted by Gasteiger charge is -2.25. The van der Waals surface area contributed by atoms with Gasteiger partial charge in [-0.3, -0.25) is 4.79 Å². The number of hydrogen-bond donors (Lipinski definition) is 0. The third kappa shape index (κ3) is 3.71. The number of carbonyl (C=O) groups excluding carboxylic acids is 1. The number of hydrogen-bond acceptors (Lipinski definition) is 3. The third-order valence-electron chi connectivity index (χ3n) is 4.76. The predicted octanol–water partition coefficient (Wildman–Crippen LogP) is 5.18. The van der Waals surface area contributed by atoms with E-state index in [4.69, 9.17) is 4.74 Å². The topological polar surface area (TPSA) is 29.5 Å². The molecule has 1 unspecified atom stereocenters. The van der Waals surface area contributed by atoms with Crippen molar-refractivity contribution in [2.24, 2.45) is 0 Å². The molecule has 0 aliphatic carbocycles. The average Bonchev–Trinajstić information content (AvgIpc) is 2.86. The minimum Gasteiger partial charge on any atom is -0.496 e. The van der Waals surface area contributed by atoms with Crippen LogP contribution >= 0.6 is 11.8 Å². The minimum atomic E-state index is 0.0827. The second-order valence-corrected chi connectivity index (χ2v) is 7.76. The van der Waals surface area contributed by atoms with Gasteiger partial charge < -0.3 is 9.64 Å². The molecule has 1 aliphatic rings. The highest BCUT2D eigenvalue weighted by atomic mass is 32.2. The number of para-hydroxylation sites is 1. The molecule has 0 saturated carbocycles. The van der Waals surface area contributed by atoms with E-state index in [0.29, 0.717) is 13.1 Å². The predicted molar refractivity (Wildman–Crippen MR) is 109 cm³/mol. The number of rotatable bonds is 4. The minimum absolute atomic E-state index is 0.0827. The van der Waals surface area contributed by atoms with Gasteiger partial charge in [-0.2, -0.15) is 0 Å². The van der Waals surface area contributed by atoms with E-state index in [2.05, 4.69) is 18.2 Å². The van der Waals surface area contributed by atoms with Crippen LogP contribution in [0.1, 0.15) is 26.7 Å². The number of amides is 1. The highest BCUT2D eigenvalue weighted by Gasteiger charge is 2.30. The summed E-state index contributed by atoms with van der Waals surface area (Å²) in [6.07, 6.45) is 0. The molecule has 0 saturated heterocycles. The first-order valence-electron chi connectivity index (χ1n) is 8.98. The third-order valence-corrected chi connectivity index (χ3v) is 6.06. The number of fused-ring (bicyclic) bond motifs is 1. The second-order valence-electron chi connectivity index (χ2n) is 6.52. The lowest BCUT2D eigenvalue weighted by Crippen LogP contribution is -2.32. The molecule has 0 bridgehead atoms. The molecule has 3 aromatic rings. The number of ether oxygens (including phenoxy) is 1. The zero-order valence-corrected chi connectivity index (χ0v) is 16.0. The Morgan fingerprint density at radius 2 is 1.67 bits per heavy atom. The Labute approximate surface area is 164 Å². The summed E-state index contributed by atoms with van der Waals surface area (Å²) in [7, 11) is 1.70. The normalized spacial score (nSPS) is 16.6. The highest BCUT2D eigenvalue weighted by molar-refractivity contribution is 7.99. The highest BCUT2D eigenvalue weighted by Crippen LogP contribution is 2.43. The Hall–Kier alpha value is -2.72. The summed E-state index contributed by atoms with van der Waals surface area (Å²) >= 11 is 1.74. The van der Waals surface area contributed by atoms with Crippen molar-refractivity contribution in [2.75, 3.05) is 13.7 Å². The van der Waals surface area contributed by atoms with E-state index >= 15 is 0 Å². The first-order valence-corrected chi connectivity index (χ1v) is 9.86. The van der Waals surface area contributed by atoms with Crippen molar-refractivity contribution in [1.29, 1.82) is 0 Å². The van der Waals surface area contributed by atoms with Gasteiger partial charge >= 0.3 is 0 Å². The molecule has 1 amide bonds. The Morgan fingerprint density at radius 1 is 0.963 bits per heavy atom. The number of carbonyl (C=O) groups is 1. The monoisotopic (exact) mass is 375 g/mol. The van der Waals surface area contributed by atoms with Crippen LogP contribution in [-0.4, -0.2) is 24.5 Å². The van der Waals surface area contributed by atoms with Gasteiger partial charge in [-0.15, -0.1) is 11.8 Å². The summed E-state index contributed by atoms with van der Waals surface area (Å²) < 4.78 is 5.59. The molecule has 3 aromatic carbocycles. The Balaban J connectivity index is 1.74. The molecule has 136 valence electrons. The van der Waals surface area contributed by atoms with Gasteiger partial charge in [0.05, 0.1) is 17.9 Å². The van der Waals surface area contributed by atoms with E-state index in [1.807, 2.05) is 65.6 Å². The summed E-state index contributed by atoms with van der Waals surface area (Å²) in [4.78, 5) is 16.2. The van der Waals surface area contributed by atoms with Crippen LogP contribution in [0.15, 0.2) is 83.8 Å². The Bertz CT molecular complexity index is 942. The van der Waals surface area contributed by atoms with Crippen molar-refractivity contribution in [3.8, 4) is 5.75 Å². The molecule has 4 rings (SSSR count). The summed E-state index contributed by atoms with van der Waals surface area (Å²) in [6.45, 7) is 1.23. The van der Waals surface area contributed by atoms with Crippen molar-refractivity contribution in [2.45, 2.75) is 16.7 Å². The molecule has 4 heteroatoms. The lowest BCUT2D eigenvalue weighted by atomic mass is 10.1. The van der Waals surface area contributed by atoms with Crippen LogP contribution in [0.3, 0.4) is 0 Å². The van der Waals surface area contributed by atoms with Gasteiger partial charge in [0.25, 0.3) is 5.91 Å². The largest absolute Gasteiger partial charge is 0.496 e.